The molecule has 0 aliphatic heterocycles. The van der Waals surface area contributed by atoms with Gasteiger partial charge in [-0.05, 0) is 84.9 Å². The number of carbonyl (C=O) groups excluding carboxylic acids is 3. The molecule has 1 aromatic rings. The van der Waals surface area contributed by atoms with Crippen molar-refractivity contribution in [1.82, 2.24) is 5.32 Å². The van der Waals surface area contributed by atoms with Gasteiger partial charge in [0.05, 0.1) is 10.8 Å². The standard InChI is InChI=1S/C28H43NO8/c1-17(2)10-13-23(30)35-18(3)16-29-20(24(31)32)14-19-11-12-21(36-25(33)27(4,5)6)22(15-19)37-26(34)28(7,8)9/h11-12,15,17-18,20,29H,10,13-14,16H2,1-9H3,(H,31,32)/t18?,20-/m0/s1. The van der Waals surface area contributed by atoms with Gasteiger partial charge < -0.3 is 24.6 Å². The lowest BCUT2D eigenvalue weighted by atomic mass is 9.97. The van der Waals surface area contributed by atoms with E-state index in [1.807, 2.05) is 13.8 Å². The predicted octanol–water partition coefficient (Wildman–Crippen LogP) is 4.54. The molecular formula is C28H43NO8. The van der Waals surface area contributed by atoms with Gasteiger partial charge in [-0.15, -0.1) is 0 Å². The number of ether oxygens (including phenoxy) is 3. The fourth-order valence-corrected chi connectivity index (χ4v) is 2.87. The molecule has 9 nitrogen and oxygen atoms in total. The van der Waals surface area contributed by atoms with E-state index in [1.165, 1.54) is 12.1 Å². The SMILES string of the molecule is CC(C)CCC(=O)OC(C)CN[C@@H](Cc1ccc(OC(=O)C(C)(C)C)c(OC(=O)C(C)(C)C)c1)C(=O)O. The lowest BCUT2D eigenvalue weighted by molar-refractivity contribution is -0.148. The Hall–Kier alpha value is -2.94. The summed E-state index contributed by atoms with van der Waals surface area (Å²) >= 11 is 0. The third-order valence-electron chi connectivity index (χ3n) is 5.29. The zero-order valence-electron chi connectivity index (χ0n) is 23.6. The molecule has 0 saturated carbocycles. The molecule has 0 aromatic heterocycles. The summed E-state index contributed by atoms with van der Waals surface area (Å²) in [4.78, 5) is 48.8. The van der Waals surface area contributed by atoms with Crippen molar-refractivity contribution < 1.29 is 38.5 Å². The number of benzene rings is 1. The van der Waals surface area contributed by atoms with E-state index in [2.05, 4.69) is 5.32 Å². The second-order valence-corrected chi connectivity index (χ2v) is 11.8. The van der Waals surface area contributed by atoms with E-state index < -0.39 is 40.9 Å². The minimum Gasteiger partial charge on any atom is -0.480 e. The van der Waals surface area contributed by atoms with Gasteiger partial charge >= 0.3 is 23.9 Å². The average Bonchev–Trinajstić information content (AvgIpc) is 2.75. The van der Waals surface area contributed by atoms with E-state index in [1.54, 1.807) is 54.5 Å². The van der Waals surface area contributed by atoms with E-state index in [9.17, 15) is 24.3 Å². The molecule has 2 atom stereocenters. The Morgan fingerprint density at radius 2 is 1.43 bits per heavy atom. The third kappa shape index (κ3) is 11.8. The Morgan fingerprint density at radius 3 is 1.92 bits per heavy atom. The molecule has 0 fully saturated rings. The van der Waals surface area contributed by atoms with Gasteiger partial charge in [-0.25, -0.2) is 0 Å². The van der Waals surface area contributed by atoms with Crippen LogP contribution >= 0.6 is 0 Å². The van der Waals surface area contributed by atoms with Gasteiger partial charge in [0.15, 0.2) is 11.5 Å². The number of carboxylic acid groups (broad SMARTS) is 1. The normalized spacial score (nSPS) is 13.6. The van der Waals surface area contributed by atoms with Crippen LogP contribution in [0.4, 0.5) is 0 Å². The summed E-state index contributed by atoms with van der Waals surface area (Å²) in [6.45, 7) is 16.1. The molecule has 1 aromatic carbocycles. The van der Waals surface area contributed by atoms with E-state index in [0.29, 0.717) is 17.9 Å². The summed E-state index contributed by atoms with van der Waals surface area (Å²) in [7, 11) is 0. The number of rotatable bonds is 12. The average molecular weight is 522 g/mol. The molecule has 0 spiro atoms. The molecule has 208 valence electrons. The van der Waals surface area contributed by atoms with Crippen LogP contribution in [0, 0.1) is 16.7 Å². The number of esters is 3. The molecule has 37 heavy (non-hydrogen) atoms. The third-order valence-corrected chi connectivity index (χ3v) is 5.29. The maximum atomic E-state index is 12.5. The maximum absolute atomic E-state index is 12.5. The van der Waals surface area contributed by atoms with Gasteiger partial charge in [0.2, 0.25) is 0 Å². The molecule has 2 N–H and O–H groups in total. The number of carbonyl (C=O) groups is 4. The van der Waals surface area contributed by atoms with Crippen molar-refractivity contribution >= 4 is 23.9 Å². The van der Waals surface area contributed by atoms with Gasteiger partial charge in [-0.3, -0.25) is 19.2 Å². The summed E-state index contributed by atoms with van der Waals surface area (Å²) in [5.74, 6) is -1.95. The highest BCUT2D eigenvalue weighted by molar-refractivity contribution is 5.81. The Labute approximate surface area is 220 Å². The Balaban J connectivity index is 3.02. The van der Waals surface area contributed by atoms with Crippen LogP contribution in [0.2, 0.25) is 0 Å². The number of hydrogen-bond acceptors (Lipinski definition) is 8. The summed E-state index contributed by atoms with van der Waals surface area (Å²) < 4.78 is 16.4. The largest absolute Gasteiger partial charge is 0.480 e. The van der Waals surface area contributed by atoms with Crippen LogP contribution in [-0.2, 0) is 30.3 Å². The first-order valence-corrected chi connectivity index (χ1v) is 12.6. The lowest BCUT2D eigenvalue weighted by Crippen LogP contribution is -2.42. The summed E-state index contributed by atoms with van der Waals surface area (Å²) in [5.41, 5.74) is -1.04. The topological polar surface area (TPSA) is 128 Å². The zero-order chi connectivity index (χ0) is 28.6. The Kier molecular flexibility index (Phi) is 11.8. The summed E-state index contributed by atoms with van der Waals surface area (Å²) in [6.07, 6.45) is 0.577. The lowest BCUT2D eigenvalue weighted by Gasteiger charge is -2.22. The molecule has 0 aliphatic rings. The van der Waals surface area contributed by atoms with E-state index >= 15 is 0 Å². The van der Waals surface area contributed by atoms with Crippen molar-refractivity contribution in [3.8, 4) is 11.5 Å². The smallest absolute Gasteiger partial charge is 0.321 e. The summed E-state index contributed by atoms with van der Waals surface area (Å²) in [5, 5.41) is 12.7. The molecule has 0 saturated heterocycles. The number of hydrogen-bond donors (Lipinski definition) is 2. The molecule has 0 bridgehead atoms. The van der Waals surface area contributed by atoms with Crippen molar-refractivity contribution in [2.45, 2.75) is 93.7 Å². The van der Waals surface area contributed by atoms with E-state index in [0.717, 1.165) is 6.42 Å². The van der Waals surface area contributed by atoms with Crippen LogP contribution in [-0.4, -0.2) is 47.7 Å². The molecule has 0 heterocycles. The Morgan fingerprint density at radius 1 is 0.892 bits per heavy atom. The van der Waals surface area contributed by atoms with Gasteiger partial charge in [-0.1, -0.05) is 19.9 Å². The molecule has 0 amide bonds. The van der Waals surface area contributed by atoms with Gasteiger partial charge in [0.25, 0.3) is 0 Å². The first-order chi connectivity index (χ1) is 16.9. The van der Waals surface area contributed by atoms with Crippen LogP contribution in [0.15, 0.2) is 18.2 Å². The van der Waals surface area contributed by atoms with Crippen molar-refractivity contribution in [2.75, 3.05) is 6.54 Å². The minimum atomic E-state index is -1.09. The summed E-state index contributed by atoms with van der Waals surface area (Å²) in [6, 6.07) is 3.61. The van der Waals surface area contributed by atoms with Crippen LogP contribution in [0.25, 0.3) is 0 Å². The van der Waals surface area contributed by atoms with Gasteiger partial charge in [0, 0.05) is 13.0 Å². The highest BCUT2D eigenvalue weighted by atomic mass is 16.6. The van der Waals surface area contributed by atoms with Gasteiger partial charge in [-0.2, -0.15) is 0 Å². The van der Waals surface area contributed by atoms with Gasteiger partial charge in [0.1, 0.15) is 12.1 Å². The highest BCUT2D eigenvalue weighted by Crippen LogP contribution is 2.33. The van der Waals surface area contributed by atoms with Crippen molar-refractivity contribution in [1.29, 1.82) is 0 Å². The number of nitrogens with one attached hydrogen (secondary N) is 1. The van der Waals surface area contributed by atoms with E-state index in [4.69, 9.17) is 14.2 Å². The van der Waals surface area contributed by atoms with E-state index in [-0.39, 0.29) is 30.4 Å². The van der Waals surface area contributed by atoms with Crippen molar-refractivity contribution in [3.05, 3.63) is 23.8 Å². The quantitative estimate of drug-likeness (QED) is 0.301. The monoisotopic (exact) mass is 521 g/mol. The Bertz CT molecular complexity index is 956. The molecule has 0 radical (unpaired) electrons. The second kappa shape index (κ2) is 13.6. The molecule has 0 aliphatic carbocycles. The molecule has 1 rings (SSSR count). The van der Waals surface area contributed by atoms with Crippen molar-refractivity contribution in [2.24, 2.45) is 16.7 Å². The fourth-order valence-electron chi connectivity index (χ4n) is 2.87. The first kappa shape index (κ1) is 32.1. The molecular weight excluding hydrogens is 478 g/mol. The van der Waals surface area contributed by atoms with Crippen LogP contribution < -0.4 is 14.8 Å². The maximum Gasteiger partial charge on any atom is 0.321 e. The first-order valence-electron chi connectivity index (χ1n) is 12.6. The minimum absolute atomic E-state index is 0.0339. The number of aliphatic carboxylic acids is 1. The number of carboxylic acids is 1. The zero-order valence-corrected chi connectivity index (χ0v) is 23.6. The molecule has 9 heteroatoms. The highest BCUT2D eigenvalue weighted by Gasteiger charge is 2.29. The van der Waals surface area contributed by atoms with Crippen LogP contribution in [0.3, 0.4) is 0 Å². The molecule has 1 unspecified atom stereocenters. The predicted molar refractivity (Wildman–Crippen MR) is 139 cm³/mol. The fraction of sp³-hybridized carbons (Fsp3) is 0.643. The van der Waals surface area contributed by atoms with Crippen molar-refractivity contribution in [3.63, 3.8) is 0 Å². The second-order valence-electron chi connectivity index (χ2n) is 11.8. The van der Waals surface area contributed by atoms with Crippen LogP contribution in [0.5, 0.6) is 11.5 Å². The van der Waals surface area contributed by atoms with Crippen LogP contribution in [0.1, 0.15) is 80.7 Å².